The minimum absolute atomic E-state index is 0. The van der Waals surface area contributed by atoms with E-state index in [-0.39, 0.29) is 24.4 Å². The second-order valence-corrected chi connectivity index (χ2v) is 9.21. The molecule has 1 aliphatic carbocycles. The summed E-state index contributed by atoms with van der Waals surface area (Å²) in [6.45, 7) is 4.98. The van der Waals surface area contributed by atoms with E-state index in [0.717, 1.165) is 25.1 Å². The Morgan fingerprint density at radius 3 is 2.57 bits per heavy atom. The molecule has 1 aromatic carbocycles. The minimum atomic E-state index is -0.706. The lowest BCUT2D eigenvalue weighted by Gasteiger charge is -2.37. The number of likely N-dealkylation sites (tertiary alicyclic amines) is 1. The van der Waals surface area contributed by atoms with E-state index in [2.05, 4.69) is 5.32 Å². The molecule has 2 heterocycles. The number of carbonyl (C=O) groups excluding carboxylic acids is 1. The second-order valence-electron chi connectivity index (χ2n) is 8.81. The molecule has 6 nitrogen and oxygen atoms in total. The van der Waals surface area contributed by atoms with Gasteiger partial charge in [-0.3, -0.25) is 4.79 Å². The van der Waals surface area contributed by atoms with E-state index >= 15 is 0 Å². The number of ether oxygens (including phenoxy) is 2. The Bertz CT molecular complexity index is 757. The van der Waals surface area contributed by atoms with Crippen LogP contribution in [0.3, 0.4) is 0 Å². The summed E-state index contributed by atoms with van der Waals surface area (Å²) in [6, 6.07) is 5.67. The van der Waals surface area contributed by atoms with Crippen LogP contribution in [0.25, 0.3) is 0 Å². The van der Waals surface area contributed by atoms with Crippen LogP contribution in [0, 0.1) is 18.8 Å². The first-order valence-electron chi connectivity index (χ1n) is 10.6. The monoisotopic (exact) mass is 458 g/mol. The number of piperidine rings is 1. The first-order chi connectivity index (χ1) is 13.9. The Morgan fingerprint density at radius 2 is 1.90 bits per heavy atom. The fraction of sp³-hybridized carbons (Fsp3) is 0.682. The van der Waals surface area contributed by atoms with Crippen LogP contribution in [-0.4, -0.2) is 67.0 Å². The molecular formula is C22H32Cl2N2O4. The Hall–Kier alpha value is -1.05. The summed E-state index contributed by atoms with van der Waals surface area (Å²) < 4.78 is 11.9. The average Bonchev–Trinajstić information content (AvgIpc) is 3.13. The fourth-order valence-electron chi connectivity index (χ4n) is 5.17. The molecule has 3 aliphatic rings. The van der Waals surface area contributed by atoms with E-state index in [1.54, 1.807) is 7.11 Å². The van der Waals surface area contributed by atoms with Gasteiger partial charge in [-0.25, -0.2) is 0 Å². The highest BCUT2D eigenvalue weighted by molar-refractivity contribution is 6.32. The van der Waals surface area contributed by atoms with Crippen LogP contribution >= 0.6 is 24.0 Å². The maximum atomic E-state index is 13.3. The molecule has 2 aliphatic heterocycles. The van der Waals surface area contributed by atoms with Gasteiger partial charge in [0, 0.05) is 20.2 Å². The predicted molar refractivity (Wildman–Crippen MR) is 118 cm³/mol. The molecule has 0 unspecified atom stereocenters. The number of aliphatic hydroxyl groups excluding tert-OH is 1. The Morgan fingerprint density at radius 1 is 1.23 bits per heavy atom. The molecule has 2 saturated heterocycles. The zero-order valence-electron chi connectivity index (χ0n) is 17.6. The van der Waals surface area contributed by atoms with Crippen LogP contribution in [0.5, 0.6) is 5.75 Å². The van der Waals surface area contributed by atoms with Gasteiger partial charge in [-0.05, 0) is 75.2 Å². The largest absolute Gasteiger partial charge is 0.486 e. The second kappa shape index (κ2) is 9.61. The summed E-state index contributed by atoms with van der Waals surface area (Å²) in [5.41, 5.74) is 0.361. The summed E-state index contributed by atoms with van der Waals surface area (Å²) in [5, 5.41) is 14.6. The highest BCUT2D eigenvalue weighted by atomic mass is 35.5. The lowest BCUT2D eigenvalue weighted by Crippen LogP contribution is -2.55. The van der Waals surface area contributed by atoms with Crippen LogP contribution in [0.2, 0.25) is 5.02 Å². The van der Waals surface area contributed by atoms with E-state index in [4.69, 9.17) is 21.1 Å². The molecule has 0 bridgehead atoms. The van der Waals surface area contributed by atoms with Gasteiger partial charge in [-0.1, -0.05) is 17.7 Å². The van der Waals surface area contributed by atoms with Crippen molar-refractivity contribution in [2.75, 3.05) is 33.3 Å². The predicted octanol–water partition coefficient (Wildman–Crippen LogP) is 2.82. The van der Waals surface area contributed by atoms with Crippen LogP contribution in [0.1, 0.15) is 31.2 Å². The molecular weight excluding hydrogens is 427 g/mol. The molecule has 1 amide bonds. The fourth-order valence-corrected chi connectivity index (χ4v) is 5.33. The molecule has 1 aromatic rings. The number of nitrogens with zero attached hydrogens (tertiary/aromatic N) is 1. The van der Waals surface area contributed by atoms with Crippen molar-refractivity contribution in [2.45, 2.75) is 50.4 Å². The Balaban J connectivity index is 0.00000256. The SMILES string of the molecule is COC1(C(=O)N2C[C@H]3C[C@@H](Oc4cc(C)ccc4Cl)[C@H](O)C[C@H]3C2)CCNCC1.Cl. The van der Waals surface area contributed by atoms with Gasteiger partial charge in [0.05, 0.1) is 11.1 Å². The lowest BCUT2D eigenvalue weighted by atomic mass is 9.78. The number of methoxy groups -OCH3 is 1. The number of amides is 1. The van der Waals surface area contributed by atoms with Crippen molar-refractivity contribution in [3.63, 3.8) is 0 Å². The number of carbonyl (C=O) groups is 1. The van der Waals surface area contributed by atoms with Gasteiger partial charge in [0.25, 0.3) is 5.91 Å². The summed E-state index contributed by atoms with van der Waals surface area (Å²) >= 11 is 6.28. The number of nitrogens with one attached hydrogen (secondary N) is 1. The normalized spacial score (nSPS) is 30.3. The van der Waals surface area contributed by atoms with Crippen molar-refractivity contribution >= 4 is 29.9 Å². The standard InChI is InChI=1S/C22H31ClN2O4.ClH/c1-14-3-4-17(23)19(9-14)29-20-11-16-13-25(12-15(16)10-18(20)26)21(27)22(28-2)5-7-24-8-6-22;/h3-4,9,15-16,18,20,24,26H,5-8,10-13H2,1-2H3;1H/t15-,16+,18+,20+;/m0./s1. The highest BCUT2D eigenvalue weighted by Gasteiger charge is 2.49. The zero-order valence-corrected chi connectivity index (χ0v) is 19.2. The summed E-state index contributed by atoms with van der Waals surface area (Å²) in [4.78, 5) is 15.3. The molecule has 1 saturated carbocycles. The molecule has 0 radical (unpaired) electrons. The van der Waals surface area contributed by atoms with E-state index in [0.29, 0.717) is 55.0 Å². The van der Waals surface area contributed by atoms with Gasteiger partial charge in [0.15, 0.2) is 0 Å². The molecule has 168 valence electrons. The third-order valence-corrected chi connectivity index (χ3v) is 7.24. The number of hydrogen-bond donors (Lipinski definition) is 2. The van der Waals surface area contributed by atoms with E-state index < -0.39 is 11.7 Å². The number of hydrogen-bond acceptors (Lipinski definition) is 5. The van der Waals surface area contributed by atoms with Crippen LogP contribution in [-0.2, 0) is 9.53 Å². The first kappa shape index (κ1) is 23.6. The van der Waals surface area contributed by atoms with Gasteiger partial charge < -0.3 is 24.8 Å². The van der Waals surface area contributed by atoms with Crippen molar-refractivity contribution in [3.8, 4) is 5.75 Å². The highest BCUT2D eigenvalue weighted by Crippen LogP contribution is 2.40. The van der Waals surface area contributed by atoms with Crippen LogP contribution in [0.15, 0.2) is 18.2 Å². The molecule has 4 atom stereocenters. The van der Waals surface area contributed by atoms with Gasteiger partial charge in [-0.2, -0.15) is 0 Å². The number of aryl methyl sites for hydroxylation is 1. The third-order valence-electron chi connectivity index (χ3n) is 6.93. The number of fused-ring (bicyclic) bond motifs is 1. The van der Waals surface area contributed by atoms with Crippen molar-refractivity contribution < 1.29 is 19.4 Å². The molecule has 30 heavy (non-hydrogen) atoms. The van der Waals surface area contributed by atoms with Crippen molar-refractivity contribution in [1.29, 1.82) is 0 Å². The average molecular weight is 459 g/mol. The first-order valence-corrected chi connectivity index (χ1v) is 11.0. The van der Waals surface area contributed by atoms with Crippen molar-refractivity contribution in [1.82, 2.24) is 10.2 Å². The number of halogens is 2. The number of aliphatic hydroxyl groups is 1. The quantitative estimate of drug-likeness (QED) is 0.725. The Labute approximate surface area is 189 Å². The molecule has 4 rings (SSSR count). The maximum Gasteiger partial charge on any atom is 0.254 e. The maximum absolute atomic E-state index is 13.3. The number of rotatable bonds is 4. The topological polar surface area (TPSA) is 71.0 Å². The summed E-state index contributed by atoms with van der Waals surface area (Å²) in [5.74, 6) is 1.35. The molecule has 0 spiro atoms. The van der Waals surface area contributed by atoms with Gasteiger partial charge >= 0.3 is 0 Å². The summed E-state index contributed by atoms with van der Waals surface area (Å²) in [6.07, 6.45) is 1.91. The van der Waals surface area contributed by atoms with Gasteiger partial charge in [0.1, 0.15) is 17.5 Å². The Kier molecular flexibility index (Phi) is 7.57. The van der Waals surface area contributed by atoms with Crippen molar-refractivity contribution in [2.24, 2.45) is 11.8 Å². The van der Waals surface area contributed by atoms with Crippen LogP contribution < -0.4 is 10.1 Å². The smallest absolute Gasteiger partial charge is 0.254 e. The van der Waals surface area contributed by atoms with E-state index in [1.807, 2.05) is 30.0 Å². The molecule has 3 fully saturated rings. The molecule has 0 aromatic heterocycles. The third kappa shape index (κ3) is 4.58. The molecule has 2 N–H and O–H groups in total. The molecule has 8 heteroatoms. The van der Waals surface area contributed by atoms with Crippen LogP contribution in [0.4, 0.5) is 0 Å². The van der Waals surface area contributed by atoms with Gasteiger partial charge in [-0.15, -0.1) is 12.4 Å². The summed E-state index contributed by atoms with van der Waals surface area (Å²) in [7, 11) is 1.64. The zero-order chi connectivity index (χ0) is 20.6. The van der Waals surface area contributed by atoms with Gasteiger partial charge in [0.2, 0.25) is 0 Å². The van der Waals surface area contributed by atoms with Crippen molar-refractivity contribution in [3.05, 3.63) is 28.8 Å². The number of benzene rings is 1. The minimum Gasteiger partial charge on any atom is -0.486 e. The lowest BCUT2D eigenvalue weighted by molar-refractivity contribution is -0.157. The van der Waals surface area contributed by atoms with E-state index in [1.165, 1.54) is 0 Å². The van der Waals surface area contributed by atoms with E-state index in [9.17, 15) is 9.90 Å².